The van der Waals surface area contributed by atoms with Gasteiger partial charge in [0.2, 0.25) is 0 Å². The summed E-state index contributed by atoms with van der Waals surface area (Å²) in [7, 11) is 2.06. The molecule has 3 heterocycles. The van der Waals surface area contributed by atoms with Crippen LogP contribution in [0.15, 0.2) is 59.4 Å². The number of pyridine rings is 1. The topological polar surface area (TPSA) is 30.7 Å². The third kappa shape index (κ3) is 2.90. The van der Waals surface area contributed by atoms with Gasteiger partial charge in [-0.25, -0.2) is 4.98 Å². The number of aromatic nitrogens is 3. The van der Waals surface area contributed by atoms with Crippen molar-refractivity contribution < 1.29 is 0 Å². The Hall–Kier alpha value is -2.46. The molecule has 1 aromatic carbocycles. The zero-order valence-corrected chi connectivity index (χ0v) is 13.8. The summed E-state index contributed by atoms with van der Waals surface area (Å²) in [5, 5.41) is 5.41. The Balaban J connectivity index is 1.54. The Bertz CT molecular complexity index is 938. The minimum Gasteiger partial charge on any atom is -0.337 e. The van der Waals surface area contributed by atoms with Crippen LogP contribution in [0.1, 0.15) is 11.5 Å². The van der Waals surface area contributed by atoms with E-state index in [4.69, 9.17) is 9.97 Å². The summed E-state index contributed by atoms with van der Waals surface area (Å²) < 4.78 is 2.12. The van der Waals surface area contributed by atoms with Crippen LogP contribution in [0.4, 0.5) is 0 Å². The van der Waals surface area contributed by atoms with Gasteiger partial charge < -0.3 is 4.57 Å². The van der Waals surface area contributed by atoms with E-state index in [1.807, 2.05) is 12.1 Å². The molecule has 0 aliphatic rings. The van der Waals surface area contributed by atoms with Crippen LogP contribution in [-0.2, 0) is 19.9 Å². The summed E-state index contributed by atoms with van der Waals surface area (Å²) >= 11 is 1.70. The second-order valence-electron chi connectivity index (χ2n) is 5.66. The van der Waals surface area contributed by atoms with Crippen LogP contribution in [0.3, 0.4) is 0 Å². The highest BCUT2D eigenvalue weighted by Gasteiger charge is 2.08. The second-order valence-corrected chi connectivity index (χ2v) is 6.44. The molecule has 0 amide bonds. The van der Waals surface area contributed by atoms with Crippen molar-refractivity contribution >= 4 is 22.2 Å². The number of imidazole rings is 1. The van der Waals surface area contributed by atoms with Crippen molar-refractivity contribution in [2.24, 2.45) is 7.05 Å². The maximum absolute atomic E-state index is 4.77. The van der Waals surface area contributed by atoms with E-state index < -0.39 is 0 Å². The summed E-state index contributed by atoms with van der Waals surface area (Å²) in [5.74, 6) is 1.10. The summed E-state index contributed by atoms with van der Waals surface area (Å²) in [6.45, 7) is 0. The smallest absolute Gasteiger partial charge is 0.109 e. The molecule has 0 radical (unpaired) electrons. The van der Waals surface area contributed by atoms with Gasteiger partial charge in [-0.1, -0.05) is 24.3 Å². The normalized spacial score (nSPS) is 11.2. The van der Waals surface area contributed by atoms with Gasteiger partial charge in [0.25, 0.3) is 0 Å². The lowest BCUT2D eigenvalue weighted by atomic mass is 10.1. The molecule has 114 valence electrons. The van der Waals surface area contributed by atoms with Crippen molar-refractivity contribution in [3.8, 4) is 11.3 Å². The third-order valence-corrected chi connectivity index (χ3v) is 4.73. The number of thiophene rings is 1. The Morgan fingerprint density at radius 1 is 1.00 bits per heavy atom. The number of hydrogen-bond donors (Lipinski definition) is 0. The van der Waals surface area contributed by atoms with Crippen LogP contribution in [0, 0.1) is 0 Å². The minimum atomic E-state index is 0.895. The van der Waals surface area contributed by atoms with E-state index in [0.29, 0.717) is 0 Å². The highest BCUT2D eigenvalue weighted by molar-refractivity contribution is 7.08. The molecule has 4 aromatic rings. The maximum Gasteiger partial charge on any atom is 0.109 e. The summed E-state index contributed by atoms with van der Waals surface area (Å²) in [6.07, 6.45) is 3.90. The van der Waals surface area contributed by atoms with Gasteiger partial charge in [-0.3, -0.25) is 4.98 Å². The fourth-order valence-corrected chi connectivity index (χ4v) is 3.42. The van der Waals surface area contributed by atoms with Crippen molar-refractivity contribution in [3.63, 3.8) is 0 Å². The van der Waals surface area contributed by atoms with E-state index in [9.17, 15) is 0 Å². The van der Waals surface area contributed by atoms with E-state index >= 15 is 0 Å². The van der Waals surface area contributed by atoms with E-state index in [1.165, 1.54) is 10.9 Å². The number of para-hydroxylation sites is 1. The first-order valence-corrected chi connectivity index (χ1v) is 8.63. The molecule has 0 saturated heterocycles. The van der Waals surface area contributed by atoms with Crippen molar-refractivity contribution in [1.82, 2.24) is 14.5 Å². The molecule has 4 rings (SSSR count). The molecular weight excluding hydrogens is 302 g/mol. The molecule has 4 heteroatoms. The molecule has 3 nitrogen and oxygen atoms in total. The Morgan fingerprint density at radius 3 is 2.78 bits per heavy atom. The SMILES string of the molecule is Cn1cc(-c2ccsc2)nc1CCc1ccc2ccccc2n1. The second kappa shape index (κ2) is 5.97. The van der Waals surface area contributed by atoms with E-state index in [-0.39, 0.29) is 0 Å². The molecule has 0 aliphatic heterocycles. The number of aryl methyl sites for hydroxylation is 3. The number of nitrogens with zero attached hydrogens (tertiary/aromatic N) is 3. The molecule has 0 unspecified atom stereocenters. The first kappa shape index (κ1) is 14.2. The summed E-state index contributed by atoms with van der Waals surface area (Å²) in [5.41, 5.74) is 4.42. The average Bonchev–Trinajstić information content (AvgIpc) is 3.22. The number of rotatable bonds is 4. The third-order valence-electron chi connectivity index (χ3n) is 4.05. The fraction of sp³-hybridized carbons (Fsp3) is 0.158. The number of benzene rings is 1. The monoisotopic (exact) mass is 319 g/mol. The lowest BCUT2D eigenvalue weighted by Crippen LogP contribution is -2.01. The van der Waals surface area contributed by atoms with E-state index in [1.54, 1.807) is 11.3 Å². The van der Waals surface area contributed by atoms with Crippen molar-refractivity contribution in [1.29, 1.82) is 0 Å². The van der Waals surface area contributed by atoms with Gasteiger partial charge in [0.1, 0.15) is 5.82 Å². The summed E-state index contributed by atoms with van der Waals surface area (Å²) in [4.78, 5) is 9.51. The molecule has 0 N–H and O–H groups in total. The highest BCUT2D eigenvalue weighted by Crippen LogP contribution is 2.21. The Morgan fingerprint density at radius 2 is 1.91 bits per heavy atom. The predicted octanol–water partition coefficient (Wildman–Crippen LogP) is 4.48. The molecule has 0 atom stereocenters. The molecule has 0 saturated carbocycles. The lowest BCUT2D eigenvalue weighted by Gasteiger charge is -2.03. The molecule has 0 aliphatic carbocycles. The van der Waals surface area contributed by atoms with Crippen molar-refractivity contribution in [2.45, 2.75) is 12.8 Å². The zero-order valence-electron chi connectivity index (χ0n) is 12.9. The van der Waals surface area contributed by atoms with Gasteiger partial charge in [0.15, 0.2) is 0 Å². The fourth-order valence-electron chi connectivity index (χ4n) is 2.77. The quantitative estimate of drug-likeness (QED) is 0.555. The number of hydrogen-bond acceptors (Lipinski definition) is 3. The van der Waals surface area contributed by atoms with E-state index in [2.05, 4.69) is 58.9 Å². The summed E-state index contributed by atoms with van der Waals surface area (Å²) in [6, 6.07) is 14.6. The predicted molar refractivity (Wildman–Crippen MR) is 95.7 cm³/mol. The van der Waals surface area contributed by atoms with Gasteiger partial charge in [-0.05, 0) is 30.0 Å². The molecule has 3 aromatic heterocycles. The average molecular weight is 319 g/mol. The Labute approximate surface area is 139 Å². The van der Waals surface area contributed by atoms with Gasteiger partial charge in [0, 0.05) is 41.7 Å². The lowest BCUT2D eigenvalue weighted by molar-refractivity contribution is 0.763. The van der Waals surface area contributed by atoms with Crippen LogP contribution < -0.4 is 0 Å². The van der Waals surface area contributed by atoms with Crippen LogP contribution in [0.2, 0.25) is 0 Å². The van der Waals surface area contributed by atoms with Gasteiger partial charge in [0.05, 0.1) is 11.2 Å². The van der Waals surface area contributed by atoms with E-state index in [0.717, 1.165) is 35.6 Å². The van der Waals surface area contributed by atoms with Crippen LogP contribution >= 0.6 is 11.3 Å². The first-order valence-electron chi connectivity index (χ1n) is 7.69. The number of fused-ring (bicyclic) bond motifs is 1. The van der Waals surface area contributed by atoms with Gasteiger partial charge in [-0.15, -0.1) is 0 Å². The largest absolute Gasteiger partial charge is 0.337 e. The minimum absolute atomic E-state index is 0.895. The molecular formula is C19H17N3S. The zero-order chi connectivity index (χ0) is 15.6. The standard InChI is InChI=1S/C19H17N3S/c1-22-12-18(15-10-11-23-13-15)21-19(22)9-8-16-7-6-14-4-2-3-5-17(14)20-16/h2-7,10-13H,8-9H2,1H3. The van der Waals surface area contributed by atoms with Crippen LogP contribution in [-0.4, -0.2) is 14.5 Å². The van der Waals surface area contributed by atoms with Crippen LogP contribution in [0.25, 0.3) is 22.2 Å². The maximum atomic E-state index is 4.77. The Kier molecular flexibility index (Phi) is 3.67. The molecule has 0 bridgehead atoms. The van der Waals surface area contributed by atoms with Gasteiger partial charge >= 0.3 is 0 Å². The van der Waals surface area contributed by atoms with Gasteiger partial charge in [-0.2, -0.15) is 11.3 Å². The molecule has 0 fully saturated rings. The first-order chi connectivity index (χ1) is 11.3. The highest BCUT2D eigenvalue weighted by atomic mass is 32.1. The molecule has 0 spiro atoms. The van der Waals surface area contributed by atoms with Crippen molar-refractivity contribution in [3.05, 3.63) is 70.9 Å². The molecule has 23 heavy (non-hydrogen) atoms. The van der Waals surface area contributed by atoms with Crippen molar-refractivity contribution in [2.75, 3.05) is 0 Å². The van der Waals surface area contributed by atoms with Crippen LogP contribution in [0.5, 0.6) is 0 Å².